The Hall–Kier alpha value is -2.60. The number of hydrogen-bond acceptors (Lipinski definition) is 5. The van der Waals surface area contributed by atoms with E-state index in [0.717, 1.165) is 10.6 Å². The normalized spacial score (nSPS) is 10.5. The van der Waals surface area contributed by atoms with Gasteiger partial charge in [0.1, 0.15) is 5.69 Å². The zero-order valence-electron chi connectivity index (χ0n) is 12.2. The van der Waals surface area contributed by atoms with Crippen molar-refractivity contribution in [1.82, 2.24) is 5.16 Å². The first-order chi connectivity index (χ1) is 10.6. The third kappa shape index (κ3) is 3.01. The monoisotopic (exact) mass is 313 g/mol. The predicted octanol–water partition coefficient (Wildman–Crippen LogP) is 3.72. The average molecular weight is 313 g/mol. The molecule has 0 aliphatic carbocycles. The molecule has 5 nitrogen and oxygen atoms in total. The van der Waals surface area contributed by atoms with Crippen LogP contribution < -0.4 is 10.2 Å². The molecule has 2 aromatic heterocycles. The maximum Gasteiger partial charge on any atom is 0.258 e. The number of hydrogen-bond donors (Lipinski definition) is 1. The Bertz CT molecular complexity index is 778. The third-order valence-electron chi connectivity index (χ3n) is 3.15. The van der Waals surface area contributed by atoms with E-state index in [1.54, 1.807) is 23.5 Å². The van der Waals surface area contributed by atoms with Crippen LogP contribution in [0.2, 0.25) is 0 Å². The van der Waals surface area contributed by atoms with E-state index in [1.165, 1.54) is 0 Å². The van der Waals surface area contributed by atoms with Gasteiger partial charge in [-0.05, 0) is 29.6 Å². The number of rotatable bonds is 4. The molecule has 0 saturated heterocycles. The van der Waals surface area contributed by atoms with Gasteiger partial charge in [0.2, 0.25) is 5.88 Å². The van der Waals surface area contributed by atoms with Crippen molar-refractivity contribution < 1.29 is 9.32 Å². The molecule has 112 valence electrons. The van der Waals surface area contributed by atoms with E-state index in [9.17, 15) is 4.79 Å². The van der Waals surface area contributed by atoms with Crippen molar-refractivity contribution in [3.05, 3.63) is 53.4 Å². The highest BCUT2D eigenvalue weighted by atomic mass is 32.1. The first kappa shape index (κ1) is 14.3. The number of carbonyl (C=O) groups is 1. The summed E-state index contributed by atoms with van der Waals surface area (Å²) in [7, 11) is 3.86. The lowest BCUT2D eigenvalue weighted by molar-refractivity contribution is 0.102. The zero-order valence-corrected chi connectivity index (χ0v) is 13.1. The third-order valence-corrected chi connectivity index (χ3v) is 4.04. The lowest BCUT2D eigenvalue weighted by Gasteiger charge is -2.13. The van der Waals surface area contributed by atoms with Gasteiger partial charge in [-0.15, -0.1) is 11.3 Å². The summed E-state index contributed by atoms with van der Waals surface area (Å²) in [5.74, 6) is 0.112. The van der Waals surface area contributed by atoms with Gasteiger partial charge in [0, 0.05) is 31.4 Å². The highest BCUT2D eigenvalue weighted by molar-refractivity contribution is 7.13. The number of amides is 1. The molecule has 1 aromatic carbocycles. The van der Waals surface area contributed by atoms with Gasteiger partial charge in [-0.2, -0.15) is 0 Å². The molecule has 22 heavy (non-hydrogen) atoms. The van der Waals surface area contributed by atoms with Gasteiger partial charge in [0.15, 0.2) is 0 Å². The molecular weight excluding hydrogens is 298 g/mol. The number of nitrogens with zero attached hydrogens (tertiary/aromatic N) is 2. The summed E-state index contributed by atoms with van der Waals surface area (Å²) in [6, 6.07) is 13.0. The van der Waals surface area contributed by atoms with Crippen molar-refractivity contribution in [1.29, 1.82) is 0 Å². The molecule has 0 fully saturated rings. The first-order valence-electron chi connectivity index (χ1n) is 6.73. The fourth-order valence-corrected chi connectivity index (χ4v) is 2.66. The van der Waals surface area contributed by atoms with E-state index in [0.29, 0.717) is 17.1 Å². The molecule has 0 atom stereocenters. The number of benzene rings is 1. The largest absolute Gasteiger partial charge is 0.378 e. The van der Waals surface area contributed by atoms with Crippen molar-refractivity contribution in [3.63, 3.8) is 0 Å². The average Bonchev–Trinajstić information content (AvgIpc) is 3.18. The van der Waals surface area contributed by atoms with Crippen LogP contribution in [0.15, 0.2) is 52.4 Å². The van der Waals surface area contributed by atoms with Crippen LogP contribution in [0.25, 0.3) is 10.6 Å². The van der Waals surface area contributed by atoms with Gasteiger partial charge in [-0.1, -0.05) is 17.3 Å². The van der Waals surface area contributed by atoms with Crippen LogP contribution in [-0.4, -0.2) is 25.2 Å². The lowest BCUT2D eigenvalue weighted by Crippen LogP contribution is -2.13. The number of carbonyl (C=O) groups excluding carboxylic acids is 1. The van der Waals surface area contributed by atoms with Gasteiger partial charge in [0.05, 0.1) is 4.88 Å². The summed E-state index contributed by atoms with van der Waals surface area (Å²) in [5, 5.41) is 8.66. The van der Waals surface area contributed by atoms with Crippen molar-refractivity contribution in [2.75, 3.05) is 24.3 Å². The van der Waals surface area contributed by atoms with Gasteiger partial charge < -0.3 is 9.42 Å². The van der Waals surface area contributed by atoms with E-state index in [4.69, 9.17) is 4.52 Å². The summed E-state index contributed by atoms with van der Waals surface area (Å²) >= 11 is 1.57. The van der Waals surface area contributed by atoms with Crippen LogP contribution >= 0.6 is 11.3 Å². The Labute approximate surface area is 132 Å². The van der Waals surface area contributed by atoms with Crippen molar-refractivity contribution in [3.8, 4) is 10.6 Å². The molecule has 3 aromatic rings. The quantitative estimate of drug-likeness (QED) is 0.797. The minimum Gasteiger partial charge on any atom is -0.378 e. The first-order valence-corrected chi connectivity index (χ1v) is 7.61. The van der Waals surface area contributed by atoms with E-state index in [2.05, 4.69) is 10.5 Å². The van der Waals surface area contributed by atoms with E-state index in [-0.39, 0.29) is 5.91 Å². The summed E-state index contributed by atoms with van der Waals surface area (Å²) < 4.78 is 5.17. The topological polar surface area (TPSA) is 58.4 Å². The second-order valence-electron chi connectivity index (χ2n) is 4.95. The summed E-state index contributed by atoms with van der Waals surface area (Å²) in [6.07, 6.45) is 0. The molecule has 0 unspecified atom stereocenters. The minimum atomic E-state index is -0.224. The van der Waals surface area contributed by atoms with Crippen LogP contribution in [0.4, 0.5) is 11.6 Å². The van der Waals surface area contributed by atoms with Crippen molar-refractivity contribution >= 4 is 28.8 Å². The second kappa shape index (κ2) is 6.03. The predicted molar refractivity (Wildman–Crippen MR) is 88.5 cm³/mol. The summed E-state index contributed by atoms with van der Waals surface area (Å²) in [6.45, 7) is 0. The molecule has 0 radical (unpaired) electrons. The Morgan fingerprint density at radius 2 is 2.09 bits per heavy atom. The van der Waals surface area contributed by atoms with Crippen LogP contribution in [0, 0.1) is 0 Å². The van der Waals surface area contributed by atoms with Crippen LogP contribution in [0.1, 0.15) is 10.4 Å². The van der Waals surface area contributed by atoms with Crippen molar-refractivity contribution in [2.45, 2.75) is 0 Å². The molecule has 3 rings (SSSR count). The molecular formula is C16H15N3O2S. The second-order valence-corrected chi connectivity index (χ2v) is 5.90. The van der Waals surface area contributed by atoms with Crippen molar-refractivity contribution in [2.24, 2.45) is 0 Å². The Balaban J connectivity index is 1.76. The molecule has 0 aliphatic heterocycles. The standard InChI is InChI=1S/C16H15N3O2S/c1-19(2)12-6-3-5-11(9-12)16(20)17-15-10-13(18-21-15)14-7-4-8-22-14/h3-10H,1-2H3,(H,17,20). The fourth-order valence-electron chi connectivity index (χ4n) is 1.98. The maximum atomic E-state index is 12.3. The van der Waals surface area contributed by atoms with E-state index < -0.39 is 0 Å². The number of nitrogens with one attached hydrogen (secondary N) is 1. The minimum absolute atomic E-state index is 0.224. The van der Waals surface area contributed by atoms with Gasteiger partial charge in [-0.3, -0.25) is 10.1 Å². The Kier molecular flexibility index (Phi) is 3.93. The number of aromatic nitrogens is 1. The molecule has 0 aliphatic rings. The highest BCUT2D eigenvalue weighted by Crippen LogP contribution is 2.26. The number of anilines is 2. The fraction of sp³-hybridized carbons (Fsp3) is 0.125. The van der Waals surface area contributed by atoms with Crippen LogP contribution in [0.5, 0.6) is 0 Å². The molecule has 2 heterocycles. The molecule has 0 bridgehead atoms. The Morgan fingerprint density at radius 3 is 2.82 bits per heavy atom. The molecule has 0 saturated carbocycles. The molecule has 6 heteroatoms. The maximum absolute atomic E-state index is 12.3. The Morgan fingerprint density at radius 1 is 1.23 bits per heavy atom. The summed E-state index contributed by atoms with van der Waals surface area (Å²) in [5.41, 5.74) is 2.25. The van der Waals surface area contributed by atoms with Crippen LogP contribution in [-0.2, 0) is 0 Å². The van der Waals surface area contributed by atoms with Gasteiger partial charge >= 0.3 is 0 Å². The van der Waals surface area contributed by atoms with Gasteiger partial charge in [0.25, 0.3) is 5.91 Å². The summed E-state index contributed by atoms with van der Waals surface area (Å²) in [4.78, 5) is 15.2. The molecule has 0 spiro atoms. The van der Waals surface area contributed by atoms with E-state index >= 15 is 0 Å². The SMILES string of the molecule is CN(C)c1cccc(C(=O)Nc2cc(-c3cccs3)no2)c1. The smallest absolute Gasteiger partial charge is 0.258 e. The highest BCUT2D eigenvalue weighted by Gasteiger charge is 2.12. The lowest BCUT2D eigenvalue weighted by atomic mass is 10.2. The van der Waals surface area contributed by atoms with E-state index in [1.807, 2.05) is 54.7 Å². The van der Waals surface area contributed by atoms with Gasteiger partial charge in [-0.25, -0.2) is 0 Å². The molecule has 1 N–H and O–H groups in total. The van der Waals surface area contributed by atoms with Crippen LogP contribution in [0.3, 0.4) is 0 Å². The zero-order chi connectivity index (χ0) is 15.5. The number of thiophene rings is 1. The molecule has 1 amide bonds.